The highest BCUT2D eigenvalue weighted by Gasteiger charge is 2.36. The number of likely N-dealkylation sites (tertiary alicyclic amines) is 1. The summed E-state index contributed by atoms with van der Waals surface area (Å²) in [6.07, 6.45) is 1.92. The molecular weight excluding hydrogens is 246 g/mol. The highest BCUT2D eigenvalue weighted by molar-refractivity contribution is 5.91. The summed E-state index contributed by atoms with van der Waals surface area (Å²) in [5.74, 6) is 0.216. The molecule has 0 spiro atoms. The van der Waals surface area contributed by atoms with Crippen LogP contribution in [0, 0.1) is 6.92 Å². The number of aryl methyl sites for hydroxylation is 1. The third kappa shape index (κ3) is 3.54. The van der Waals surface area contributed by atoms with Gasteiger partial charge in [-0.25, -0.2) is 0 Å². The molecule has 0 aliphatic carbocycles. The van der Waals surface area contributed by atoms with Crippen LogP contribution in [-0.4, -0.2) is 45.8 Å². The molecule has 1 unspecified atom stereocenters. The number of amides is 1. The molecule has 0 radical (unpaired) electrons. The third-order valence-electron chi connectivity index (χ3n) is 3.42. The van der Waals surface area contributed by atoms with Gasteiger partial charge in [-0.1, -0.05) is 5.16 Å². The number of hydrogen-bond donors (Lipinski definition) is 2. The second kappa shape index (κ2) is 5.30. The van der Waals surface area contributed by atoms with Gasteiger partial charge in [0.05, 0.1) is 17.8 Å². The topological polar surface area (TPSA) is 78.6 Å². The smallest absolute Gasteiger partial charge is 0.240 e. The molecule has 1 aromatic heterocycles. The van der Waals surface area contributed by atoms with Crippen molar-refractivity contribution in [3.63, 3.8) is 0 Å². The van der Waals surface area contributed by atoms with Crippen molar-refractivity contribution in [2.24, 2.45) is 0 Å². The Hall–Kier alpha value is -1.40. The van der Waals surface area contributed by atoms with Crippen LogP contribution in [0.3, 0.4) is 0 Å². The maximum absolute atomic E-state index is 11.9. The van der Waals surface area contributed by atoms with E-state index in [0.717, 1.165) is 25.1 Å². The molecule has 6 nitrogen and oxygen atoms in total. The third-order valence-corrected chi connectivity index (χ3v) is 3.42. The largest absolute Gasteiger partial charge is 0.389 e. The van der Waals surface area contributed by atoms with E-state index in [-0.39, 0.29) is 18.5 Å². The number of aliphatic hydroxyl groups is 1. The number of carbonyl (C=O) groups is 1. The number of nitrogens with zero attached hydrogens (tertiary/aromatic N) is 2. The molecule has 2 N–H and O–H groups in total. The second-order valence-electron chi connectivity index (χ2n) is 5.66. The number of hydrogen-bond acceptors (Lipinski definition) is 5. The van der Waals surface area contributed by atoms with Gasteiger partial charge in [-0.3, -0.25) is 15.0 Å². The lowest BCUT2D eigenvalue weighted by molar-refractivity contribution is -0.118. The lowest BCUT2D eigenvalue weighted by Gasteiger charge is -2.33. The summed E-state index contributed by atoms with van der Waals surface area (Å²) < 4.78 is 4.94. The standard InChI is InChI=1S/C13H21N3O3/c1-9-7-12(19-15-9)14-11(17)8-16-6-4-5-10(16)13(2,3)18/h7,10,18H,4-6,8H2,1-3H3,(H,14,17). The van der Waals surface area contributed by atoms with Gasteiger partial charge in [0.2, 0.25) is 11.8 Å². The van der Waals surface area contributed by atoms with E-state index >= 15 is 0 Å². The van der Waals surface area contributed by atoms with E-state index in [1.54, 1.807) is 26.8 Å². The van der Waals surface area contributed by atoms with Crippen LogP contribution >= 0.6 is 0 Å². The Morgan fingerprint density at radius 2 is 2.42 bits per heavy atom. The maximum Gasteiger partial charge on any atom is 0.240 e. The van der Waals surface area contributed by atoms with Crippen molar-refractivity contribution >= 4 is 11.8 Å². The molecule has 0 saturated carbocycles. The summed E-state index contributed by atoms with van der Waals surface area (Å²) in [6.45, 7) is 6.46. The molecule has 2 rings (SSSR count). The first kappa shape index (κ1) is 14.0. The molecule has 1 aliphatic heterocycles. The molecule has 1 aromatic rings. The molecule has 1 amide bonds. The Labute approximate surface area is 112 Å². The zero-order chi connectivity index (χ0) is 14.0. The first-order chi connectivity index (χ1) is 8.86. The van der Waals surface area contributed by atoms with E-state index in [1.165, 1.54) is 0 Å². The van der Waals surface area contributed by atoms with Gasteiger partial charge in [0, 0.05) is 12.1 Å². The van der Waals surface area contributed by atoms with Crippen LogP contribution < -0.4 is 5.32 Å². The van der Waals surface area contributed by atoms with Crippen molar-refractivity contribution < 1.29 is 14.4 Å². The summed E-state index contributed by atoms with van der Waals surface area (Å²) in [4.78, 5) is 13.9. The van der Waals surface area contributed by atoms with Crippen LogP contribution in [0.2, 0.25) is 0 Å². The highest BCUT2D eigenvalue weighted by Crippen LogP contribution is 2.26. The molecule has 1 saturated heterocycles. The number of aromatic nitrogens is 1. The molecule has 0 aromatic carbocycles. The van der Waals surface area contributed by atoms with Crippen molar-refractivity contribution in [1.29, 1.82) is 0 Å². The molecule has 1 aliphatic rings. The highest BCUT2D eigenvalue weighted by atomic mass is 16.5. The minimum Gasteiger partial charge on any atom is -0.389 e. The molecule has 106 valence electrons. The summed E-state index contributed by atoms with van der Waals surface area (Å²) in [7, 11) is 0. The van der Waals surface area contributed by atoms with Crippen molar-refractivity contribution in [2.45, 2.75) is 45.3 Å². The fourth-order valence-electron chi connectivity index (χ4n) is 2.60. The van der Waals surface area contributed by atoms with Gasteiger partial charge < -0.3 is 9.63 Å². The Bertz CT molecular complexity index is 450. The summed E-state index contributed by atoms with van der Waals surface area (Å²) in [6, 6.07) is 1.70. The number of nitrogens with one attached hydrogen (secondary N) is 1. The molecular formula is C13H21N3O3. The Morgan fingerprint density at radius 3 is 3.00 bits per heavy atom. The van der Waals surface area contributed by atoms with Gasteiger partial charge in [0.1, 0.15) is 0 Å². The van der Waals surface area contributed by atoms with Crippen LogP contribution in [0.4, 0.5) is 5.88 Å². The average molecular weight is 267 g/mol. The molecule has 2 heterocycles. The Morgan fingerprint density at radius 1 is 1.68 bits per heavy atom. The van der Waals surface area contributed by atoms with E-state index in [2.05, 4.69) is 10.5 Å². The summed E-state index contributed by atoms with van der Waals surface area (Å²) >= 11 is 0. The van der Waals surface area contributed by atoms with E-state index in [0.29, 0.717) is 5.88 Å². The van der Waals surface area contributed by atoms with E-state index < -0.39 is 5.60 Å². The number of anilines is 1. The van der Waals surface area contributed by atoms with E-state index in [4.69, 9.17) is 4.52 Å². The van der Waals surface area contributed by atoms with Gasteiger partial charge in [-0.2, -0.15) is 0 Å². The maximum atomic E-state index is 11.9. The van der Waals surface area contributed by atoms with E-state index in [9.17, 15) is 9.90 Å². The van der Waals surface area contributed by atoms with Gasteiger partial charge in [0.25, 0.3) is 0 Å². The van der Waals surface area contributed by atoms with Crippen LogP contribution in [0.5, 0.6) is 0 Å². The minimum atomic E-state index is -0.792. The number of rotatable bonds is 4. The van der Waals surface area contributed by atoms with Crippen LogP contribution in [0.1, 0.15) is 32.4 Å². The normalized spacial score (nSPS) is 20.7. The minimum absolute atomic E-state index is 0.0229. The van der Waals surface area contributed by atoms with Gasteiger partial charge in [0.15, 0.2) is 0 Å². The predicted molar refractivity (Wildman–Crippen MR) is 70.8 cm³/mol. The van der Waals surface area contributed by atoms with E-state index in [1.807, 2.05) is 4.90 Å². The van der Waals surface area contributed by atoms with Crippen LogP contribution in [0.15, 0.2) is 10.6 Å². The first-order valence-corrected chi connectivity index (χ1v) is 6.56. The molecule has 0 bridgehead atoms. The van der Waals surface area contributed by atoms with Crippen molar-refractivity contribution in [2.75, 3.05) is 18.4 Å². The fraction of sp³-hybridized carbons (Fsp3) is 0.692. The Balaban J connectivity index is 1.91. The van der Waals surface area contributed by atoms with Crippen molar-refractivity contribution in [1.82, 2.24) is 10.1 Å². The fourth-order valence-corrected chi connectivity index (χ4v) is 2.60. The second-order valence-corrected chi connectivity index (χ2v) is 5.66. The monoisotopic (exact) mass is 267 g/mol. The Kier molecular flexibility index (Phi) is 3.91. The molecule has 1 fully saturated rings. The average Bonchev–Trinajstić information content (AvgIpc) is 2.86. The van der Waals surface area contributed by atoms with Crippen molar-refractivity contribution in [3.05, 3.63) is 11.8 Å². The quantitative estimate of drug-likeness (QED) is 0.855. The zero-order valence-corrected chi connectivity index (χ0v) is 11.6. The zero-order valence-electron chi connectivity index (χ0n) is 11.6. The predicted octanol–water partition coefficient (Wildman–Crippen LogP) is 1.16. The summed E-state index contributed by atoms with van der Waals surface area (Å²) in [5.41, 5.74) is -0.0644. The number of carbonyl (C=O) groups excluding carboxylic acids is 1. The first-order valence-electron chi connectivity index (χ1n) is 6.56. The van der Waals surface area contributed by atoms with Gasteiger partial charge in [-0.05, 0) is 40.2 Å². The summed E-state index contributed by atoms with van der Waals surface area (Å²) in [5, 5.41) is 16.5. The van der Waals surface area contributed by atoms with Crippen molar-refractivity contribution in [3.8, 4) is 0 Å². The van der Waals surface area contributed by atoms with Gasteiger partial charge in [-0.15, -0.1) is 0 Å². The SMILES string of the molecule is Cc1cc(NC(=O)CN2CCCC2C(C)(C)O)on1. The van der Waals surface area contributed by atoms with Crippen LogP contribution in [0.25, 0.3) is 0 Å². The lowest BCUT2D eigenvalue weighted by Crippen LogP contribution is -2.48. The molecule has 6 heteroatoms. The molecule has 19 heavy (non-hydrogen) atoms. The molecule has 1 atom stereocenters. The van der Waals surface area contributed by atoms with Gasteiger partial charge >= 0.3 is 0 Å². The van der Waals surface area contributed by atoms with Crippen LogP contribution in [-0.2, 0) is 4.79 Å². The lowest BCUT2D eigenvalue weighted by atomic mass is 9.97.